The number of hydrogen-bond acceptors (Lipinski definition) is 4. The number of carbonyl (C=O) groups excluding carboxylic acids is 1. The predicted octanol–water partition coefficient (Wildman–Crippen LogP) is 2.45. The first kappa shape index (κ1) is 20.6. The summed E-state index contributed by atoms with van der Waals surface area (Å²) in [5, 5.41) is 6.37. The molecule has 0 aliphatic carbocycles. The van der Waals surface area contributed by atoms with Crippen molar-refractivity contribution in [3.63, 3.8) is 0 Å². The second-order valence-electron chi connectivity index (χ2n) is 5.69. The molecule has 130 valence electrons. The van der Waals surface area contributed by atoms with E-state index in [0.29, 0.717) is 12.6 Å². The highest BCUT2D eigenvalue weighted by Gasteiger charge is 2.26. The molecule has 1 aromatic rings. The summed E-state index contributed by atoms with van der Waals surface area (Å²) in [4.78, 5) is 14.7. The molecule has 2 heterocycles. The fraction of sp³-hybridized carbons (Fsp3) is 0.562. The zero-order valence-corrected chi connectivity index (χ0v) is 15.5. The van der Waals surface area contributed by atoms with Crippen LogP contribution in [0.5, 0.6) is 0 Å². The number of thioether (sulfide) groups is 1. The molecule has 7 heteroatoms. The molecule has 1 amide bonds. The number of halogens is 2. The molecule has 23 heavy (non-hydrogen) atoms. The molecular formula is C16H25Cl2N3OS. The first-order chi connectivity index (χ1) is 10.3. The molecule has 0 bridgehead atoms. The van der Waals surface area contributed by atoms with Crippen molar-refractivity contribution in [1.29, 1.82) is 0 Å². The zero-order valence-electron chi connectivity index (χ0n) is 13.1. The Labute approximate surface area is 155 Å². The number of carbonyl (C=O) groups is 1. The van der Waals surface area contributed by atoms with Gasteiger partial charge in [-0.05, 0) is 31.5 Å². The summed E-state index contributed by atoms with van der Waals surface area (Å²) < 4.78 is 0. The third-order valence-corrected chi connectivity index (χ3v) is 5.21. The second kappa shape index (κ2) is 10.4. The molecule has 2 fully saturated rings. The van der Waals surface area contributed by atoms with Gasteiger partial charge < -0.3 is 5.32 Å². The van der Waals surface area contributed by atoms with Gasteiger partial charge in [-0.3, -0.25) is 15.0 Å². The zero-order chi connectivity index (χ0) is 14.5. The number of nitrogens with zero attached hydrogens (tertiary/aromatic N) is 1. The van der Waals surface area contributed by atoms with Gasteiger partial charge in [-0.25, -0.2) is 0 Å². The maximum Gasteiger partial charge on any atom is 0.238 e. The average Bonchev–Trinajstić information content (AvgIpc) is 3.22. The third-order valence-electron chi connectivity index (χ3n) is 4.27. The average molecular weight is 378 g/mol. The molecule has 2 aliphatic rings. The van der Waals surface area contributed by atoms with Crippen LogP contribution in [0.2, 0.25) is 0 Å². The Morgan fingerprint density at radius 1 is 1.26 bits per heavy atom. The van der Waals surface area contributed by atoms with Crippen LogP contribution in [0.3, 0.4) is 0 Å². The van der Waals surface area contributed by atoms with Gasteiger partial charge >= 0.3 is 0 Å². The fourth-order valence-electron chi connectivity index (χ4n) is 3.07. The van der Waals surface area contributed by atoms with Crippen LogP contribution in [0.15, 0.2) is 30.3 Å². The van der Waals surface area contributed by atoms with Gasteiger partial charge in [0.2, 0.25) is 5.91 Å². The van der Waals surface area contributed by atoms with E-state index in [9.17, 15) is 4.79 Å². The Morgan fingerprint density at radius 3 is 2.57 bits per heavy atom. The number of nitrogens with one attached hydrogen (secondary N) is 2. The largest absolute Gasteiger partial charge is 0.353 e. The maximum atomic E-state index is 12.2. The molecule has 2 aliphatic heterocycles. The Morgan fingerprint density at radius 2 is 1.96 bits per heavy atom. The van der Waals surface area contributed by atoms with Crippen molar-refractivity contribution in [3.05, 3.63) is 35.9 Å². The summed E-state index contributed by atoms with van der Waals surface area (Å²) in [6.07, 6.45) is 2.52. The molecular weight excluding hydrogens is 353 g/mol. The van der Waals surface area contributed by atoms with E-state index < -0.39 is 0 Å². The highest BCUT2D eigenvalue weighted by molar-refractivity contribution is 7.99. The molecule has 2 unspecified atom stereocenters. The number of rotatable bonds is 5. The molecule has 1 aromatic carbocycles. The molecule has 0 saturated carbocycles. The summed E-state index contributed by atoms with van der Waals surface area (Å²) in [6, 6.07) is 10.8. The quantitative estimate of drug-likeness (QED) is 0.826. The summed E-state index contributed by atoms with van der Waals surface area (Å²) >= 11 is 1.78. The molecule has 3 rings (SSSR count). The van der Waals surface area contributed by atoms with Gasteiger partial charge in [-0.2, -0.15) is 0 Å². The van der Waals surface area contributed by atoms with Gasteiger partial charge in [0.25, 0.3) is 0 Å². The SMILES string of the molecule is Cl.Cl.O=C(NCC(c1ccccc1)N1CCCC1)C1CSCN1. The first-order valence-electron chi connectivity index (χ1n) is 7.72. The van der Waals surface area contributed by atoms with E-state index in [1.165, 1.54) is 18.4 Å². The topological polar surface area (TPSA) is 44.4 Å². The number of amides is 1. The third kappa shape index (κ3) is 5.54. The summed E-state index contributed by atoms with van der Waals surface area (Å²) in [5.74, 6) is 1.90. The van der Waals surface area contributed by atoms with E-state index in [0.717, 1.165) is 24.7 Å². The standard InChI is InChI=1S/C16H23N3OS.2ClH/c20-16(14-11-21-12-18-14)17-10-15(19-8-4-5-9-19)13-6-2-1-3-7-13;;/h1-3,6-7,14-15,18H,4-5,8-12H2,(H,17,20);2*1H. The van der Waals surface area contributed by atoms with E-state index in [4.69, 9.17) is 0 Å². The van der Waals surface area contributed by atoms with Crippen LogP contribution in [0, 0.1) is 0 Å². The van der Waals surface area contributed by atoms with E-state index in [-0.39, 0.29) is 36.8 Å². The van der Waals surface area contributed by atoms with Gasteiger partial charge in [0.05, 0.1) is 12.1 Å². The van der Waals surface area contributed by atoms with Crippen molar-refractivity contribution in [2.24, 2.45) is 0 Å². The molecule has 0 aromatic heterocycles. The lowest BCUT2D eigenvalue weighted by Crippen LogP contribution is -2.45. The highest BCUT2D eigenvalue weighted by atomic mass is 35.5. The van der Waals surface area contributed by atoms with Crippen molar-refractivity contribution in [2.75, 3.05) is 31.3 Å². The van der Waals surface area contributed by atoms with E-state index in [2.05, 4.69) is 39.8 Å². The van der Waals surface area contributed by atoms with Crippen molar-refractivity contribution in [1.82, 2.24) is 15.5 Å². The lowest BCUT2D eigenvalue weighted by atomic mass is 10.1. The second-order valence-corrected chi connectivity index (χ2v) is 6.72. The maximum absolute atomic E-state index is 12.2. The van der Waals surface area contributed by atoms with Crippen molar-refractivity contribution < 1.29 is 4.79 Å². The predicted molar refractivity (Wildman–Crippen MR) is 102 cm³/mol. The minimum atomic E-state index is -0.0231. The van der Waals surface area contributed by atoms with E-state index in [1.807, 2.05) is 6.07 Å². The molecule has 2 atom stereocenters. The van der Waals surface area contributed by atoms with Crippen molar-refractivity contribution in [3.8, 4) is 0 Å². The van der Waals surface area contributed by atoms with E-state index in [1.54, 1.807) is 11.8 Å². The lowest BCUT2D eigenvalue weighted by Gasteiger charge is -2.28. The fourth-order valence-corrected chi connectivity index (χ4v) is 4.01. The van der Waals surface area contributed by atoms with Crippen LogP contribution in [0.25, 0.3) is 0 Å². The summed E-state index contributed by atoms with van der Waals surface area (Å²) in [5.41, 5.74) is 1.30. The van der Waals surface area contributed by atoms with Crippen LogP contribution >= 0.6 is 36.6 Å². The minimum absolute atomic E-state index is 0. The molecule has 2 saturated heterocycles. The van der Waals surface area contributed by atoms with Crippen LogP contribution in [-0.4, -0.2) is 48.1 Å². The number of likely N-dealkylation sites (tertiary alicyclic amines) is 1. The van der Waals surface area contributed by atoms with Crippen molar-refractivity contribution >= 4 is 42.5 Å². The Bertz CT molecular complexity index is 466. The van der Waals surface area contributed by atoms with Crippen LogP contribution in [0.1, 0.15) is 24.4 Å². The lowest BCUT2D eigenvalue weighted by molar-refractivity contribution is -0.122. The summed E-state index contributed by atoms with van der Waals surface area (Å²) in [7, 11) is 0. The normalized spacial score (nSPS) is 22.0. The Balaban J connectivity index is 0.00000132. The first-order valence-corrected chi connectivity index (χ1v) is 8.88. The van der Waals surface area contributed by atoms with Gasteiger partial charge in [-0.15, -0.1) is 36.6 Å². The van der Waals surface area contributed by atoms with Gasteiger partial charge in [0.15, 0.2) is 0 Å². The highest BCUT2D eigenvalue weighted by Crippen LogP contribution is 2.24. The molecule has 4 nitrogen and oxygen atoms in total. The molecule has 0 radical (unpaired) electrons. The smallest absolute Gasteiger partial charge is 0.238 e. The monoisotopic (exact) mass is 377 g/mol. The molecule has 0 spiro atoms. The van der Waals surface area contributed by atoms with Gasteiger partial charge in [0, 0.05) is 18.2 Å². The number of hydrogen-bond donors (Lipinski definition) is 2. The van der Waals surface area contributed by atoms with Gasteiger partial charge in [-0.1, -0.05) is 30.3 Å². The Hall–Kier alpha value is -0.460. The van der Waals surface area contributed by atoms with Crippen molar-refractivity contribution in [2.45, 2.75) is 24.9 Å². The number of benzene rings is 1. The van der Waals surface area contributed by atoms with E-state index >= 15 is 0 Å². The molecule has 2 N–H and O–H groups in total. The van der Waals surface area contributed by atoms with Gasteiger partial charge in [0.1, 0.15) is 0 Å². The minimum Gasteiger partial charge on any atom is -0.353 e. The van der Waals surface area contributed by atoms with Crippen LogP contribution < -0.4 is 10.6 Å². The Kier molecular flexibility index (Phi) is 9.32. The van der Waals surface area contributed by atoms with Crippen LogP contribution in [0.4, 0.5) is 0 Å². The van der Waals surface area contributed by atoms with Crippen LogP contribution in [-0.2, 0) is 4.79 Å². The summed E-state index contributed by atoms with van der Waals surface area (Å²) in [6.45, 7) is 2.96.